The van der Waals surface area contributed by atoms with Crippen LogP contribution in [0.25, 0.3) is 0 Å². The van der Waals surface area contributed by atoms with Crippen LogP contribution in [0.3, 0.4) is 0 Å². The van der Waals surface area contributed by atoms with Gasteiger partial charge in [-0.15, -0.1) is 11.8 Å². The number of nitrogens with one attached hydrogen (secondary N) is 1. The lowest BCUT2D eigenvalue weighted by atomic mass is 9.96. The minimum Gasteiger partial charge on any atom is -0.353 e. The van der Waals surface area contributed by atoms with Crippen LogP contribution in [-0.4, -0.2) is 55.2 Å². The highest BCUT2D eigenvalue weighted by Gasteiger charge is 2.36. The third-order valence-electron chi connectivity index (χ3n) is 5.21. The summed E-state index contributed by atoms with van der Waals surface area (Å²) >= 11 is 1.54. The predicted octanol–water partition coefficient (Wildman–Crippen LogP) is 2.12. The summed E-state index contributed by atoms with van der Waals surface area (Å²) in [6.45, 7) is 0.747. The fraction of sp³-hybridized carbons (Fsp3) is 0.556. The van der Waals surface area contributed by atoms with Crippen molar-refractivity contribution in [3.8, 4) is 0 Å². The van der Waals surface area contributed by atoms with Crippen molar-refractivity contribution < 1.29 is 9.59 Å². The summed E-state index contributed by atoms with van der Waals surface area (Å²) in [6.07, 6.45) is 4.65. The Labute approximate surface area is 147 Å². The highest BCUT2D eigenvalue weighted by molar-refractivity contribution is 8.00. The van der Waals surface area contributed by atoms with E-state index in [4.69, 9.17) is 0 Å². The molecule has 2 amide bonds. The molecule has 1 aromatic rings. The molecule has 0 bridgehead atoms. The van der Waals surface area contributed by atoms with E-state index in [-0.39, 0.29) is 23.9 Å². The van der Waals surface area contributed by atoms with E-state index in [1.165, 1.54) is 24.6 Å². The van der Waals surface area contributed by atoms with Gasteiger partial charge in [-0.2, -0.15) is 0 Å². The maximum atomic E-state index is 12.5. The number of anilines is 1. The summed E-state index contributed by atoms with van der Waals surface area (Å²) in [5, 5.41) is 3.06. The molecule has 1 aromatic carbocycles. The zero-order valence-corrected chi connectivity index (χ0v) is 15.2. The van der Waals surface area contributed by atoms with Gasteiger partial charge in [-0.05, 0) is 39.1 Å². The summed E-state index contributed by atoms with van der Waals surface area (Å²) in [5.74, 6) is 0.307. The van der Waals surface area contributed by atoms with Crippen molar-refractivity contribution in [2.45, 2.75) is 36.1 Å². The number of benzene rings is 1. The number of likely N-dealkylation sites (N-methyl/N-ethyl adjacent to an activating group) is 1. The molecule has 6 heteroatoms. The fourth-order valence-corrected chi connectivity index (χ4v) is 4.54. The van der Waals surface area contributed by atoms with Gasteiger partial charge in [-0.25, -0.2) is 0 Å². The maximum Gasteiger partial charge on any atom is 0.240 e. The van der Waals surface area contributed by atoms with Crippen LogP contribution >= 0.6 is 11.8 Å². The lowest BCUT2D eigenvalue weighted by molar-refractivity contribution is -0.123. The second-order valence-electron chi connectivity index (χ2n) is 6.84. The van der Waals surface area contributed by atoms with Gasteiger partial charge >= 0.3 is 0 Å². The van der Waals surface area contributed by atoms with Gasteiger partial charge in [0.1, 0.15) is 6.54 Å². The minimum absolute atomic E-state index is 0.00274. The molecule has 1 aliphatic carbocycles. The molecule has 24 heavy (non-hydrogen) atoms. The van der Waals surface area contributed by atoms with Crippen LogP contribution in [-0.2, 0) is 9.59 Å². The van der Waals surface area contributed by atoms with Gasteiger partial charge < -0.3 is 15.1 Å². The molecular formula is C18H25N3O2S. The average Bonchev–Trinajstić information content (AvgIpc) is 3.06. The third-order valence-corrected chi connectivity index (χ3v) is 6.26. The van der Waals surface area contributed by atoms with Crippen LogP contribution in [0.15, 0.2) is 29.2 Å². The molecule has 0 radical (unpaired) electrons. The van der Waals surface area contributed by atoms with Gasteiger partial charge in [0.05, 0.1) is 11.4 Å². The number of amides is 2. The number of rotatable bonds is 5. The van der Waals surface area contributed by atoms with Crippen LogP contribution in [0.1, 0.15) is 25.7 Å². The standard InChI is InChI=1S/C18H25N3O2S/c1-20(2)18(9-5-6-10-18)13-19-16(22)11-21-14-7-3-4-8-15(14)24-12-17(21)23/h3-4,7-8H,5-6,9-13H2,1-2H3,(H,19,22). The first kappa shape index (κ1) is 17.3. The van der Waals surface area contributed by atoms with Crippen LogP contribution < -0.4 is 10.2 Å². The van der Waals surface area contributed by atoms with Gasteiger partial charge in [0, 0.05) is 17.0 Å². The van der Waals surface area contributed by atoms with Crippen LogP contribution in [0.2, 0.25) is 0 Å². The zero-order valence-electron chi connectivity index (χ0n) is 14.4. The number of hydrogen-bond donors (Lipinski definition) is 1. The van der Waals surface area contributed by atoms with E-state index in [9.17, 15) is 9.59 Å². The molecule has 0 aromatic heterocycles. The molecule has 0 atom stereocenters. The molecule has 1 saturated carbocycles. The minimum atomic E-state index is -0.0850. The summed E-state index contributed by atoms with van der Waals surface area (Å²) < 4.78 is 0. The molecule has 1 heterocycles. The Bertz CT molecular complexity index is 626. The molecular weight excluding hydrogens is 322 g/mol. The van der Waals surface area contributed by atoms with E-state index in [1.807, 2.05) is 24.3 Å². The van der Waals surface area contributed by atoms with Gasteiger partial charge in [0.2, 0.25) is 11.8 Å². The monoisotopic (exact) mass is 347 g/mol. The number of fused-ring (bicyclic) bond motifs is 1. The first-order valence-electron chi connectivity index (χ1n) is 8.48. The van der Waals surface area contributed by atoms with Gasteiger partial charge in [0.25, 0.3) is 0 Å². The Balaban J connectivity index is 1.64. The van der Waals surface area contributed by atoms with Crippen LogP contribution in [0.5, 0.6) is 0 Å². The third kappa shape index (κ3) is 3.44. The van der Waals surface area contributed by atoms with E-state index in [0.717, 1.165) is 23.4 Å². The van der Waals surface area contributed by atoms with E-state index in [2.05, 4.69) is 24.3 Å². The van der Waals surface area contributed by atoms with Gasteiger partial charge in [0.15, 0.2) is 0 Å². The summed E-state index contributed by atoms with van der Waals surface area (Å²) in [7, 11) is 4.16. The molecule has 130 valence electrons. The molecule has 5 nitrogen and oxygen atoms in total. The van der Waals surface area contributed by atoms with Crippen LogP contribution in [0, 0.1) is 0 Å². The lowest BCUT2D eigenvalue weighted by Crippen LogP contribution is -2.52. The summed E-state index contributed by atoms with van der Waals surface area (Å²) in [6, 6.07) is 7.77. The molecule has 0 saturated heterocycles. The lowest BCUT2D eigenvalue weighted by Gasteiger charge is -2.37. The number of carbonyl (C=O) groups excluding carboxylic acids is 2. The molecule has 0 unspecified atom stereocenters. The Morgan fingerprint density at radius 3 is 2.71 bits per heavy atom. The summed E-state index contributed by atoms with van der Waals surface area (Å²) in [4.78, 5) is 29.6. The van der Waals surface area contributed by atoms with Crippen molar-refractivity contribution in [2.75, 3.05) is 37.8 Å². The molecule has 3 rings (SSSR count). The Kier molecular flexibility index (Phi) is 5.15. The second kappa shape index (κ2) is 7.15. The number of thioether (sulfide) groups is 1. The summed E-state index contributed by atoms with van der Waals surface area (Å²) in [5.41, 5.74) is 0.909. The highest BCUT2D eigenvalue weighted by atomic mass is 32.2. The number of para-hydroxylation sites is 1. The number of nitrogens with zero attached hydrogens (tertiary/aromatic N) is 2. The number of carbonyl (C=O) groups is 2. The zero-order chi connectivity index (χ0) is 17.2. The SMILES string of the molecule is CN(C)C1(CNC(=O)CN2C(=O)CSc3ccccc32)CCCC1. The van der Waals surface area contributed by atoms with Crippen molar-refractivity contribution in [2.24, 2.45) is 0 Å². The predicted molar refractivity (Wildman–Crippen MR) is 97.4 cm³/mol. The van der Waals surface area contributed by atoms with Crippen molar-refractivity contribution in [1.82, 2.24) is 10.2 Å². The quantitative estimate of drug-likeness (QED) is 0.886. The maximum absolute atomic E-state index is 12.5. The van der Waals surface area contributed by atoms with Crippen molar-refractivity contribution >= 4 is 29.3 Å². The van der Waals surface area contributed by atoms with E-state index >= 15 is 0 Å². The highest BCUT2D eigenvalue weighted by Crippen LogP contribution is 2.35. The van der Waals surface area contributed by atoms with Crippen molar-refractivity contribution in [3.63, 3.8) is 0 Å². The molecule has 1 aliphatic heterocycles. The Morgan fingerprint density at radius 2 is 2.00 bits per heavy atom. The molecule has 0 spiro atoms. The average molecular weight is 347 g/mol. The molecule has 1 fully saturated rings. The molecule has 1 N–H and O–H groups in total. The first-order valence-corrected chi connectivity index (χ1v) is 9.47. The normalized spacial score (nSPS) is 19.5. The molecule has 2 aliphatic rings. The fourth-order valence-electron chi connectivity index (χ4n) is 3.61. The van der Waals surface area contributed by atoms with Crippen molar-refractivity contribution in [1.29, 1.82) is 0 Å². The van der Waals surface area contributed by atoms with E-state index in [1.54, 1.807) is 4.90 Å². The number of hydrogen-bond acceptors (Lipinski definition) is 4. The smallest absolute Gasteiger partial charge is 0.240 e. The Morgan fingerprint density at radius 1 is 1.29 bits per heavy atom. The first-order chi connectivity index (χ1) is 11.5. The van der Waals surface area contributed by atoms with E-state index < -0.39 is 0 Å². The topological polar surface area (TPSA) is 52.7 Å². The van der Waals surface area contributed by atoms with Crippen molar-refractivity contribution in [3.05, 3.63) is 24.3 Å². The van der Waals surface area contributed by atoms with Gasteiger partial charge in [-0.1, -0.05) is 25.0 Å². The Hall–Kier alpha value is -1.53. The second-order valence-corrected chi connectivity index (χ2v) is 7.86. The van der Waals surface area contributed by atoms with Gasteiger partial charge in [-0.3, -0.25) is 9.59 Å². The van der Waals surface area contributed by atoms with Crippen LogP contribution in [0.4, 0.5) is 5.69 Å². The largest absolute Gasteiger partial charge is 0.353 e. The van der Waals surface area contributed by atoms with E-state index in [0.29, 0.717) is 12.3 Å².